The first-order valence-corrected chi connectivity index (χ1v) is 4.69. The van der Waals surface area contributed by atoms with Crippen LogP contribution in [0.15, 0.2) is 24.2 Å². The minimum Gasteiger partial charge on any atom is -0.493 e. The third-order valence-corrected chi connectivity index (χ3v) is 1.42. The molecule has 1 heterocycles. The van der Waals surface area contributed by atoms with Crippen molar-refractivity contribution in [2.45, 2.75) is 0 Å². The average molecular weight is 176 g/mol. The lowest BCUT2D eigenvalue weighted by Gasteiger charge is -2.11. The standard InChI is InChI=1S/C5H9N2O3P/c6-11(7,8)10-5-2-1-3-9-4-5/h1-2,4H,3H2,(H4,6,7,8). The van der Waals surface area contributed by atoms with Gasteiger partial charge in [0.25, 0.3) is 0 Å². The van der Waals surface area contributed by atoms with E-state index in [2.05, 4.69) is 4.52 Å². The Labute approximate surface area is 64.2 Å². The molecular weight excluding hydrogens is 167 g/mol. The van der Waals surface area contributed by atoms with Crippen molar-refractivity contribution < 1.29 is 13.8 Å². The molecule has 4 N–H and O–H groups in total. The molecule has 0 aromatic heterocycles. The summed E-state index contributed by atoms with van der Waals surface area (Å²) in [5.74, 6) is 0.282. The largest absolute Gasteiger partial charge is 0.493 e. The van der Waals surface area contributed by atoms with Crippen molar-refractivity contribution in [2.24, 2.45) is 11.0 Å². The molecule has 62 valence electrons. The van der Waals surface area contributed by atoms with Crippen molar-refractivity contribution in [3.8, 4) is 0 Å². The summed E-state index contributed by atoms with van der Waals surface area (Å²) >= 11 is 0. The molecule has 0 bridgehead atoms. The summed E-state index contributed by atoms with van der Waals surface area (Å²) in [5.41, 5.74) is 9.89. The lowest BCUT2D eigenvalue weighted by Crippen LogP contribution is -2.08. The number of allylic oxidation sites excluding steroid dienone is 1. The highest BCUT2D eigenvalue weighted by Crippen LogP contribution is 2.31. The van der Waals surface area contributed by atoms with Gasteiger partial charge in [-0.15, -0.1) is 0 Å². The molecule has 0 spiro atoms. The van der Waals surface area contributed by atoms with Crippen LogP contribution in [0.1, 0.15) is 0 Å². The zero-order valence-corrected chi connectivity index (χ0v) is 6.66. The van der Waals surface area contributed by atoms with Crippen LogP contribution in [0, 0.1) is 0 Å². The van der Waals surface area contributed by atoms with Gasteiger partial charge < -0.3 is 9.26 Å². The predicted molar refractivity (Wildman–Crippen MR) is 40.2 cm³/mol. The Morgan fingerprint density at radius 3 is 2.82 bits per heavy atom. The molecule has 0 aliphatic carbocycles. The van der Waals surface area contributed by atoms with Gasteiger partial charge in [0.1, 0.15) is 12.9 Å². The van der Waals surface area contributed by atoms with Gasteiger partial charge in [-0.05, 0) is 12.2 Å². The highest BCUT2D eigenvalue weighted by molar-refractivity contribution is 7.53. The second-order valence-corrected chi connectivity index (χ2v) is 3.47. The van der Waals surface area contributed by atoms with Crippen molar-refractivity contribution in [3.05, 3.63) is 24.2 Å². The Hall–Kier alpha value is -0.770. The van der Waals surface area contributed by atoms with E-state index in [1.54, 1.807) is 12.2 Å². The number of nitrogens with two attached hydrogens (primary N) is 2. The molecule has 11 heavy (non-hydrogen) atoms. The van der Waals surface area contributed by atoms with Crippen LogP contribution in [-0.2, 0) is 13.8 Å². The topological polar surface area (TPSA) is 87.6 Å². The summed E-state index contributed by atoms with van der Waals surface area (Å²) in [6.45, 7) is 0.478. The van der Waals surface area contributed by atoms with E-state index in [-0.39, 0.29) is 5.76 Å². The van der Waals surface area contributed by atoms with Crippen molar-refractivity contribution in [2.75, 3.05) is 6.61 Å². The van der Waals surface area contributed by atoms with E-state index in [4.69, 9.17) is 15.7 Å². The first kappa shape index (κ1) is 8.33. The van der Waals surface area contributed by atoms with E-state index in [0.29, 0.717) is 6.61 Å². The van der Waals surface area contributed by atoms with Crippen LogP contribution in [0.25, 0.3) is 0 Å². The highest BCUT2D eigenvalue weighted by Gasteiger charge is 2.11. The number of rotatable bonds is 2. The van der Waals surface area contributed by atoms with Crippen LogP contribution in [0.5, 0.6) is 0 Å². The van der Waals surface area contributed by atoms with Gasteiger partial charge >= 0.3 is 7.67 Å². The third kappa shape index (κ3) is 3.23. The molecule has 0 amide bonds. The molecule has 5 nitrogen and oxygen atoms in total. The molecule has 0 atom stereocenters. The van der Waals surface area contributed by atoms with Crippen LogP contribution >= 0.6 is 7.67 Å². The Balaban J connectivity index is 2.56. The maximum Gasteiger partial charge on any atom is 0.385 e. The van der Waals surface area contributed by atoms with Gasteiger partial charge in [-0.3, -0.25) is 0 Å². The molecule has 1 aliphatic heterocycles. The fraction of sp³-hybridized carbons (Fsp3) is 0.200. The molecule has 0 saturated carbocycles. The fourth-order valence-corrected chi connectivity index (χ4v) is 1.04. The highest BCUT2D eigenvalue weighted by atomic mass is 31.2. The van der Waals surface area contributed by atoms with Crippen molar-refractivity contribution in [3.63, 3.8) is 0 Å². The van der Waals surface area contributed by atoms with Crippen LogP contribution in [-0.4, -0.2) is 6.61 Å². The van der Waals surface area contributed by atoms with E-state index in [1.165, 1.54) is 6.26 Å². The molecule has 6 heteroatoms. The maximum absolute atomic E-state index is 10.7. The molecule has 0 saturated heterocycles. The summed E-state index contributed by atoms with van der Waals surface area (Å²) in [7, 11) is -3.43. The molecule has 0 aromatic rings. The first-order chi connectivity index (χ1) is 5.08. The second-order valence-electron chi connectivity index (χ2n) is 1.99. The van der Waals surface area contributed by atoms with Gasteiger partial charge in [0.15, 0.2) is 5.76 Å². The zero-order valence-electron chi connectivity index (χ0n) is 5.77. The summed E-state index contributed by atoms with van der Waals surface area (Å²) in [6.07, 6.45) is 4.60. The SMILES string of the molecule is NP(N)(=O)OC1=COCC=C1. The summed E-state index contributed by atoms with van der Waals surface area (Å²) < 4.78 is 20.1. The summed E-state index contributed by atoms with van der Waals surface area (Å²) in [6, 6.07) is 0. The molecule has 0 unspecified atom stereocenters. The van der Waals surface area contributed by atoms with Gasteiger partial charge in [0.05, 0.1) is 0 Å². The van der Waals surface area contributed by atoms with Gasteiger partial charge in [-0.1, -0.05) is 0 Å². The molecule has 0 fully saturated rings. The summed E-state index contributed by atoms with van der Waals surface area (Å²) in [5, 5.41) is 0. The predicted octanol–water partition coefficient (Wildman–Crippen LogP) is 0.456. The number of hydrogen-bond donors (Lipinski definition) is 2. The summed E-state index contributed by atoms with van der Waals surface area (Å²) in [4.78, 5) is 0. The Kier molecular flexibility index (Phi) is 2.34. The van der Waals surface area contributed by atoms with Gasteiger partial charge in [0.2, 0.25) is 0 Å². The third-order valence-electron chi connectivity index (χ3n) is 0.922. The Bertz CT molecular complexity index is 242. The van der Waals surface area contributed by atoms with Crippen LogP contribution in [0.3, 0.4) is 0 Å². The van der Waals surface area contributed by atoms with Crippen molar-refractivity contribution in [1.29, 1.82) is 0 Å². The fourth-order valence-electron chi connectivity index (χ4n) is 0.606. The van der Waals surface area contributed by atoms with E-state index in [0.717, 1.165) is 0 Å². The Morgan fingerprint density at radius 2 is 2.36 bits per heavy atom. The lowest BCUT2D eigenvalue weighted by molar-refractivity contribution is 0.261. The van der Waals surface area contributed by atoms with Crippen LogP contribution in [0.2, 0.25) is 0 Å². The average Bonchev–Trinajstić information content (AvgIpc) is 1.85. The minimum absolute atomic E-state index is 0.282. The van der Waals surface area contributed by atoms with E-state index in [9.17, 15) is 4.57 Å². The maximum atomic E-state index is 10.7. The zero-order chi connectivity index (χ0) is 8.32. The normalized spacial score (nSPS) is 17.1. The molecule has 1 aliphatic rings. The second kappa shape index (κ2) is 3.09. The number of hydrogen-bond acceptors (Lipinski definition) is 3. The molecule has 0 radical (unpaired) electrons. The molecule has 0 aromatic carbocycles. The smallest absolute Gasteiger partial charge is 0.385 e. The van der Waals surface area contributed by atoms with Crippen LogP contribution < -0.4 is 11.0 Å². The van der Waals surface area contributed by atoms with Gasteiger partial charge in [-0.25, -0.2) is 15.6 Å². The monoisotopic (exact) mass is 176 g/mol. The van der Waals surface area contributed by atoms with E-state index in [1.807, 2.05) is 0 Å². The van der Waals surface area contributed by atoms with Crippen molar-refractivity contribution in [1.82, 2.24) is 0 Å². The van der Waals surface area contributed by atoms with Gasteiger partial charge in [0, 0.05) is 0 Å². The van der Waals surface area contributed by atoms with Gasteiger partial charge in [-0.2, -0.15) is 0 Å². The quantitative estimate of drug-likeness (QED) is 0.596. The Morgan fingerprint density at radius 1 is 1.64 bits per heavy atom. The van der Waals surface area contributed by atoms with Crippen LogP contribution in [0.4, 0.5) is 0 Å². The van der Waals surface area contributed by atoms with Crippen molar-refractivity contribution >= 4 is 7.67 Å². The minimum atomic E-state index is -3.43. The van der Waals surface area contributed by atoms with E-state index < -0.39 is 7.67 Å². The number of ether oxygens (including phenoxy) is 1. The lowest BCUT2D eigenvalue weighted by atomic mass is 10.4. The first-order valence-electron chi connectivity index (χ1n) is 2.93. The molecule has 1 rings (SSSR count). The van der Waals surface area contributed by atoms with E-state index >= 15 is 0 Å². The molecular formula is C5H9N2O3P.